The fourth-order valence-electron chi connectivity index (χ4n) is 1.47. The summed E-state index contributed by atoms with van der Waals surface area (Å²) in [5, 5.41) is 4.08. The SMILES string of the molecule is CCn1cc(C(=O)N2CC=CC2)cn1. The van der Waals surface area contributed by atoms with Gasteiger partial charge in [0.15, 0.2) is 0 Å². The third-order valence-corrected chi connectivity index (χ3v) is 2.31. The average molecular weight is 191 g/mol. The molecule has 2 heterocycles. The van der Waals surface area contributed by atoms with Crippen molar-refractivity contribution in [3.8, 4) is 0 Å². The Hall–Kier alpha value is -1.58. The molecule has 1 aliphatic rings. The van der Waals surface area contributed by atoms with E-state index in [1.165, 1.54) is 0 Å². The maximum absolute atomic E-state index is 11.8. The van der Waals surface area contributed by atoms with Gasteiger partial charge in [-0.15, -0.1) is 0 Å². The Bertz CT molecular complexity index is 359. The van der Waals surface area contributed by atoms with Crippen molar-refractivity contribution in [3.63, 3.8) is 0 Å². The molecule has 0 atom stereocenters. The highest BCUT2D eigenvalue weighted by atomic mass is 16.2. The van der Waals surface area contributed by atoms with Crippen LogP contribution >= 0.6 is 0 Å². The normalized spacial score (nSPS) is 15.1. The van der Waals surface area contributed by atoms with Crippen LogP contribution in [-0.4, -0.2) is 33.7 Å². The summed E-state index contributed by atoms with van der Waals surface area (Å²) in [6, 6.07) is 0. The van der Waals surface area contributed by atoms with Gasteiger partial charge in [-0.25, -0.2) is 0 Å². The highest BCUT2D eigenvalue weighted by Gasteiger charge is 2.17. The van der Waals surface area contributed by atoms with Crippen molar-refractivity contribution < 1.29 is 4.79 Å². The molecule has 0 radical (unpaired) electrons. The zero-order valence-corrected chi connectivity index (χ0v) is 8.18. The Morgan fingerprint density at radius 1 is 1.50 bits per heavy atom. The molecule has 1 aromatic heterocycles. The van der Waals surface area contributed by atoms with Crippen LogP contribution in [0.5, 0.6) is 0 Å². The summed E-state index contributed by atoms with van der Waals surface area (Å²) in [5.41, 5.74) is 0.676. The zero-order chi connectivity index (χ0) is 9.97. The van der Waals surface area contributed by atoms with Crippen LogP contribution in [-0.2, 0) is 6.54 Å². The van der Waals surface area contributed by atoms with Gasteiger partial charge >= 0.3 is 0 Å². The molecule has 4 heteroatoms. The molecular weight excluding hydrogens is 178 g/mol. The second-order valence-electron chi connectivity index (χ2n) is 3.27. The van der Waals surface area contributed by atoms with Crippen LogP contribution in [0.25, 0.3) is 0 Å². The van der Waals surface area contributed by atoms with Gasteiger partial charge in [-0.3, -0.25) is 9.48 Å². The van der Waals surface area contributed by atoms with E-state index in [-0.39, 0.29) is 5.91 Å². The Morgan fingerprint density at radius 2 is 2.21 bits per heavy atom. The maximum Gasteiger partial charge on any atom is 0.257 e. The van der Waals surface area contributed by atoms with Crippen LogP contribution in [0.15, 0.2) is 24.5 Å². The van der Waals surface area contributed by atoms with E-state index in [1.807, 2.05) is 19.1 Å². The smallest absolute Gasteiger partial charge is 0.257 e. The van der Waals surface area contributed by atoms with Crippen molar-refractivity contribution in [1.82, 2.24) is 14.7 Å². The molecule has 0 aliphatic carbocycles. The third-order valence-electron chi connectivity index (χ3n) is 2.31. The molecule has 0 fully saturated rings. The number of carbonyl (C=O) groups is 1. The van der Waals surface area contributed by atoms with E-state index in [2.05, 4.69) is 5.10 Å². The topological polar surface area (TPSA) is 38.1 Å². The van der Waals surface area contributed by atoms with E-state index >= 15 is 0 Å². The molecule has 0 spiro atoms. The van der Waals surface area contributed by atoms with E-state index in [4.69, 9.17) is 0 Å². The van der Waals surface area contributed by atoms with Crippen LogP contribution in [0.3, 0.4) is 0 Å². The molecule has 14 heavy (non-hydrogen) atoms. The van der Waals surface area contributed by atoms with Gasteiger partial charge in [-0.1, -0.05) is 12.2 Å². The van der Waals surface area contributed by atoms with Gasteiger partial charge in [0.25, 0.3) is 5.91 Å². The summed E-state index contributed by atoms with van der Waals surface area (Å²) < 4.78 is 1.76. The highest BCUT2D eigenvalue weighted by molar-refractivity contribution is 5.94. The molecule has 1 aromatic rings. The minimum absolute atomic E-state index is 0.0645. The van der Waals surface area contributed by atoms with Crippen molar-refractivity contribution in [2.45, 2.75) is 13.5 Å². The standard InChI is InChI=1S/C10H13N3O/c1-2-13-8-9(7-11-13)10(14)12-5-3-4-6-12/h3-4,7-8H,2,5-6H2,1H3. The van der Waals surface area contributed by atoms with Crippen molar-refractivity contribution in [1.29, 1.82) is 0 Å². The second kappa shape index (κ2) is 3.65. The van der Waals surface area contributed by atoms with Crippen LogP contribution in [0.1, 0.15) is 17.3 Å². The monoisotopic (exact) mass is 191 g/mol. The molecular formula is C10H13N3O. The molecule has 74 valence electrons. The largest absolute Gasteiger partial charge is 0.331 e. The lowest BCUT2D eigenvalue weighted by Crippen LogP contribution is -2.27. The van der Waals surface area contributed by atoms with Gasteiger partial charge in [-0.2, -0.15) is 5.10 Å². The summed E-state index contributed by atoms with van der Waals surface area (Å²) in [7, 11) is 0. The summed E-state index contributed by atoms with van der Waals surface area (Å²) in [6.45, 7) is 4.23. The lowest BCUT2D eigenvalue weighted by Gasteiger charge is -2.13. The predicted octanol–water partition coefficient (Wildman–Crippen LogP) is 0.915. The molecule has 0 unspecified atom stereocenters. The summed E-state index contributed by atoms with van der Waals surface area (Å²) >= 11 is 0. The minimum atomic E-state index is 0.0645. The first kappa shape index (κ1) is 8.99. The fourth-order valence-corrected chi connectivity index (χ4v) is 1.47. The lowest BCUT2D eigenvalue weighted by atomic mass is 10.3. The molecule has 0 aromatic carbocycles. The molecule has 0 saturated carbocycles. The van der Waals surface area contributed by atoms with Crippen molar-refractivity contribution >= 4 is 5.91 Å². The van der Waals surface area contributed by atoms with Gasteiger partial charge in [0, 0.05) is 25.8 Å². The van der Waals surface area contributed by atoms with Gasteiger partial charge in [0.05, 0.1) is 11.8 Å². The van der Waals surface area contributed by atoms with E-state index in [0.717, 1.165) is 19.6 Å². The summed E-state index contributed by atoms with van der Waals surface area (Å²) in [5.74, 6) is 0.0645. The Morgan fingerprint density at radius 3 is 2.79 bits per heavy atom. The predicted molar refractivity (Wildman–Crippen MR) is 52.9 cm³/mol. The number of amides is 1. The van der Waals surface area contributed by atoms with Crippen molar-refractivity contribution in [2.24, 2.45) is 0 Å². The third kappa shape index (κ3) is 1.55. The highest BCUT2D eigenvalue weighted by Crippen LogP contribution is 2.07. The lowest BCUT2D eigenvalue weighted by molar-refractivity contribution is 0.0800. The number of nitrogens with zero attached hydrogens (tertiary/aromatic N) is 3. The Kier molecular flexibility index (Phi) is 2.35. The average Bonchev–Trinajstić information content (AvgIpc) is 2.88. The van der Waals surface area contributed by atoms with Crippen molar-refractivity contribution in [3.05, 3.63) is 30.1 Å². The first-order valence-corrected chi connectivity index (χ1v) is 4.78. The maximum atomic E-state index is 11.8. The van der Waals surface area contributed by atoms with Gasteiger partial charge in [-0.05, 0) is 6.92 Å². The summed E-state index contributed by atoms with van der Waals surface area (Å²) in [6.07, 6.45) is 7.43. The molecule has 0 saturated heterocycles. The first-order chi connectivity index (χ1) is 6.81. The molecule has 2 rings (SSSR count). The Labute approximate surface area is 82.8 Å². The number of hydrogen-bond donors (Lipinski definition) is 0. The van der Waals surface area contributed by atoms with Gasteiger partial charge in [0.2, 0.25) is 0 Å². The van der Waals surface area contributed by atoms with E-state index in [1.54, 1.807) is 22.0 Å². The quantitative estimate of drug-likeness (QED) is 0.652. The second-order valence-corrected chi connectivity index (χ2v) is 3.27. The minimum Gasteiger partial charge on any atom is -0.331 e. The number of carbonyl (C=O) groups excluding carboxylic acids is 1. The van der Waals surface area contributed by atoms with Crippen LogP contribution in [0.2, 0.25) is 0 Å². The fraction of sp³-hybridized carbons (Fsp3) is 0.400. The molecule has 4 nitrogen and oxygen atoms in total. The molecule has 0 N–H and O–H groups in total. The number of aryl methyl sites for hydroxylation is 1. The van der Waals surface area contributed by atoms with Gasteiger partial charge in [0.1, 0.15) is 0 Å². The molecule has 0 bridgehead atoms. The van der Waals surface area contributed by atoms with Crippen LogP contribution < -0.4 is 0 Å². The summed E-state index contributed by atoms with van der Waals surface area (Å²) in [4.78, 5) is 13.6. The number of hydrogen-bond acceptors (Lipinski definition) is 2. The van der Waals surface area contributed by atoms with E-state index in [0.29, 0.717) is 5.56 Å². The Balaban J connectivity index is 2.10. The van der Waals surface area contributed by atoms with Gasteiger partial charge < -0.3 is 4.90 Å². The first-order valence-electron chi connectivity index (χ1n) is 4.78. The van der Waals surface area contributed by atoms with Crippen molar-refractivity contribution in [2.75, 3.05) is 13.1 Å². The van der Waals surface area contributed by atoms with Crippen LogP contribution in [0.4, 0.5) is 0 Å². The molecule has 1 amide bonds. The van der Waals surface area contributed by atoms with Crippen LogP contribution in [0, 0.1) is 0 Å². The number of rotatable bonds is 2. The number of aromatic nitrogens is 2. The zero-order valence-electron chi connectivity index (χ0n) is 8.18. The molecule has 1 aliphatic heterocycles. The van der Waals surface area contributed by atoms with E-state index < -0.39 is 0 Å². The van der Waals surface area contributed by atoms with E-state index in [9.17, 15) is 4.79 Å².